The molecule has 0 aliphatic carbocycles. The molecule has 2 aromatic heterocycles. The number of benzene rings is 1. The molecule has 2 N–H and O–H groups in total. The third-order valence-corrected chi connectivity index (χ3v) is 4.93. The second-order valence-electron chi connectivity index (χ2n) is 5.59. The lowest BCUT2D eigenvalue weighted by molar-refractivity contribution is 0.395. The first kappa shape index (κ1) is 18.3. The number of nitrogens with one attached hydrogen (secondary N) is 2. The highest BCUT2D eigenvalue weighted by Crippen LogP contribution is 2.33. The third-order valence-electron chi connectivity index (χ3n) is 3.89. The molecule has 0 fully saturated rings. The number of hydrogen-bond acceptors (Lipinski definition) is 7. The summed E-state index contributed by atoms with van der Waals surface area (Å²) in [6, 6.07) is 5.75. The minimum Gasteiger partial charge on any atom is -0.497 e. The summed E-state index contributed by atoms with van der Waals surface area (Å²) in [6.07, 6.45) is 3.54. The van der Waals surface area contributed by atoms with Gasteiger partial charge in [-0.3, -0.25) is 5.10 Å². The Morgan fingerprint density at radius 1 is 1.27 bits per heavy atom. The monoisotopic (exact) mass is 374 g/mol. The van der Waals surface area contributed by atoms with Gasteiger partial charge in [0.2, 0.25) is 0 Å². The van der Waals surface area contributed by atoms with E-state index >= 15 is 0 Å². The SMILES string of the molecule is COc1ccc(-c2[nH]ncc2CNCCSc2nncn2C)c(OC)c1. The molecule has 0 saturated carbocycles. The smallest absolute Gasteiger partial charge is 0.190 e. The minimum absolute atomic E-state index is 0.709. The summed E-state index contributed by atoms with van der Waals surface area (Å²) < 4.78 is 12.7. The maximum Gasteiger partial charge on any atom is 0.190 e. The summed E-state index contributed by atoms with van der Waals surface area (Å²) in [4.78, 5) is 0. The van der Waals surface area contributed by atoms with Crippen LogP contribution in [0.25, 0.3) is 11.3 Å². The molecule has 0 atom stereocenters. The van der Waals surface area contributed by atoms with Gasteiger partial charge in [0.15, 0.2) is 5.16 Å². The molecule has 3 aromatic rings. The van der Waals surface area contributed by atoms with Crippen LogP contribution in [0, 0.1) is 0 Å². The van der Waals surface area contributed by atoms with Crippen LogP contribution in [-0.2, 0) is 13.6 Å². The molecule has 3 rings (SSSR count). The maximum atomic E-state index is 5.50. The van der Waals surface area contributed by atoms with Crippen molar-refractivity contribution >= 4 is 11.8 Å². The molecular weight excluding hydrogens is 352 g/mol. The van der Waals surface area contributed by atoms with Crippen LogP contribution in [0.1, 0.15) is 5.56 Å². The lowest BCUT2D eigenvalue weighted by Gasteiger charge is -2.11. The van der Waals surface area contributed by atoms with Crippen LogP contribution in [0.4, 0.5) is 0 Å². The van der Waals surface area contributed by atoms with Crippen molar-refractivity contribution in [2.75, 3.05) is 26.5 Å². The highest BCUT2D eigenvalue weighted by molar-refractivity contribution is 7.99. The Morgan fingerprint density at radius 2 is 2.15 bits per heavy atom. The molecule has 138 valence electrons. The van der Waals surface area contributed by atoms with Gasteiger partial charge in [-0.2, -0.15) is 5.10 Å². The van der Waals surface area contributed by atoms with Gasteiger partial charge in [-0.1, -0.05) is 11.8 Å². The predicted octanol–water partition coefficient (Wildman–Crippen LogP) is 2.10. The Bertz CT molecular complexity index is 847. The van der Waals surface area contributed by atoms with Gasteiger partial charge in [-0.05, 0) is 12.1 Å². The van der Waals surface area contributed by atoms with E-state index in [4.69, 9.17) is 9.47 Å². The minimum atomic E-state index is 0.709. The first-order chi connectivity index (χ1) is 12.7. The van der Waals surface area contributed by atoms with Gasteiger partial charge < -0.3 is 19.4 Å². The molecule has 0 unspecified atom stereocenters. The van der Waals surface area contributed by atoms with E-state index in [2.05, 4.69) is 25.7 Å². The molecule has 0 saturated heterocycles. The van der Waals surface area contributed by atoms with Gasteiger partial charge in [-0.15, -0.1) is 10.2 Å². The fourth-order valence-corrected chi connectivity index (χ4v) is 3.31. The second kappa shape index (κ2) is 8.72. The second-order valence-corrected chi connectivity index (χ2v) is 6.65. The molecule has 0 radical (unpaired) electrons. The molecule has 1 aromatic carbocycles. The van der Waals surface area contributed by atoms with Crippen molar-refractivity contribution in [1.82, 2.24) is 30.3 Å². The molecule has 26 heavy (non-hydrogen) atoms. The Balaban J connectivity index is 1.59. The van der Waals surface area contributed by atoms with Crippen molar-refractivity contribution in [3.8, 4) is 22.8 Å². The zero-order chi connectivity index (χ0) is 18.4. The van der Waals surface area contributed by atoms with Crippen molar-refractivity contribution in [2.45, 2.75) is 11.7 Å². The van der Waals surface area contributed by atoms with Crippen LogP contribution in [0.2, 0.25) is 0 Å². The summed E-state index contributed by atoms with van der Waals surface area (Å²) in [5, 5.41) is 19.5. The fraction of sp³-hybridized carbons (Fsp3) is 0.353. The maximum absolute atomic E-state index is 5.50. The summed E-state index contributed by atoms with van der Waals surface area (Å²) in [5.41, 5.74) is 2.98. The molecule has 0 amide bonds. The summed E-state index contributed by atoms with van der Waals surface area (Å²) in [7, 11) is 5.23. The van der Waals surface area contributed by atoms with E-state index in [1.54, 1.807) is 32.3 Å². The number of H-pyrrole nitrogens is 1. The van der Waals surface area contributed by atoms with Crippen molar-refractivity contribution in [3.05, 3.63) is 36.3 Å². The topological polar surface area (TPSA) is 89.9 Å². The average molecular weight is 374 g/mol. The van der Waals surface area contributed by atoms with E-state index < -0.39 is 0 Å². The largest absolute Gasteiger partial charge is 0.497 e. The summed E-state index contributed by atoms with van der Waals surface area (Å²) in [5.74, 6) is 2.41. The van der Waals surface area contributed by atoms with Crippen LogP contribution in [-0.4, -0.2) is 51.5 Å². The quantitative estimate of drug-likeness (QED) is 0.438. The molecule has 0 aliphatic heterocycles. The molecule has 9 heteroatoms. The number of hydrogen-bond donors (Lipinski definition) is 2. The number of thioether (sulfide) groups is 1. The molecule has 2 heterocycles. The van der Waals surface area contributed by atoms with Crippen LogP contribution in [0.15, 0.2) is 35.9 Å². The van der Waals surface area contributed by atoms with Crippen molar-refractivity contribution < 1.29 is 9.47 Å². The summed E-state index contributed by atoms with van der Waals surface area (Å²) >= 11 is 1.67. The molecule has 8 nitrogen and oxygen atoms in total. The number of ether oxygens (including phenoxy) is 2. The zero-order valence-electron chi connectivity index (χ0n) is 15.0. The lowest BCUT2D eigenvalue weighted by Crippen LogP contribution is -2.17. The van der Waals surface area contributed by atoms with Crippen molar-refractivity contribution in [2.24, 2.45) is 7.05 Å². The Kier molecular flexibility index (Phi) is 6.13. The van der Waals surface area contributed by atoms with Crippen LogP contribution in [0.5, 0.6) is 11.5 Å². The van der Waals surface area contributed by atoms with Crippen molar-refractivity contribution in [3.63, 3.8) is 0 Å². The number of rotatable bonds is 9. The molecular formula is C17H22N6O2S. The molecule has 0 aliphatic rings. The highest BCUT2D eigenvalue weighted by Gasteiger charge is 2.13. The van der Waals surface area contributed by atoms with E-state index in [1.807, 2.05) is 36.0 Å². The van der Waals surface area contributed by atoms with Crippen LogP contribution < -0.4 is 14.8 Å². The standard InChI is InChI=1S/C17H22N6O2S/c1-23-11-20-22-17(23)26-7-6-18-9-12-10-19-21-16(12)14-5-4-13(24-2)8-15(14)25-3/h4-5,8,10-11,18H,6-7,9H2,1-3H3,(H,19,21). The summed E-state index contributed by atoms with van der Waals surface area (Å²) in [6.45, 7) is 1.56. The van der Waals surface area contributed by atoms with Gasteiger partial charge in [-0.25, -0.2) is 0 Å². The van der Waals surface area contributed by atoms with E-state index in [0.717, 1.165) is 45.8 Å². The number of aromatic amines is 1. The van der Waals surface area contributed by atoms with E-state index in [-0.39, 0.29) is 0 Å². The van der Waals surface area contributed by atoms with Gasteiger partial charge in [0.25, 0.3) is 0 Å². The number of methoxy groups -OCH3 is 2. The Labute approximate surface area is 156 Å². The number of aromatic nitrogens is 5. The highest BCUT2D eigenvalue weighted by atomic mass is 32.2. The van der Waals surface area contributed by atoms with Crippen molar-refractivity contribution in [1.29, 1.82) is 0 Å². The van der Waals surface area contributed by atoms with Gasteiger partial charge in [0.1, 0.15) is 17.8 Å². The fourth-order valence-electron chi connectivity index (χ4n) is 2.52. The third kappa shape index (κ3) is 4.17. The van der Waals surface area contributed by atoms with Gasteiger partial charge in [0, 0.05) is 43.1 Å². The van der Waals surface area contributed by atoms with Crippen LogP contribution in [0.3, 0.4) is 0 Å². The number of aryl methyl sites for hydroxylation is 1. The first-order valence-electron chi connectivity index (χ1n) is 8.15. The lowest BCUT2D eigenvalue weighted by atomic mass is 10.1. The van der Waals surface area contributed by atoms with E-state index in [9.17, 15) is 0 Å². The van der Waals surface area contributed by atoms with Gasteiger partial charge in [0.05, 0.1) is 26.1 Å². The Hall–Kier alpha value is -2.52. The van der Waals surface area contributed by atoms with Crippen LogP contribution >= 0.6 is 11.8 Å². The zero-order valence-corrected chi connectivity index (χ0v) is 15.8. The van der Waals surface area contributed by atoms with Gasteiger partial charge >= 0.3 is 0 Å². The Morgan fingerprint density at radius 3 is 2.88 bits per heavy atom. The molecule has 0 spiro atoms. The van der Waals surface area contributed by atoms with E-state index in [1.165, 1.54) is 0 Å². The van der Waals surface area contributed by atoms with E-state index in [0.29, 0.717) is 6.54 Å². The molecule has 0 bridgehead atoms. The normalized spacial score (nSPS) is 10.9. The first-order valence-corrected chi connectivity index (χ1v) is 9.13. The number of nitrogens with zero attached hydrogens (tertiary/aromatic N) is 4. The average Bonchev–Trinajstić information content (AvgIpc) is 3.30. The predicted molar refractivity (Wildman–Crippen MR) is 101 cm³/mol.